The van der Waals surface area contributed by atoms with Gasteiger partial charge >= 0.3 is 12.1 Å². The molecule has 1 aromatic heterocycles. The van der Waals surface area contributed by atoms with Crippen LogP contribution in [-0.2, 0) is 39.7 Å². The quantitative estimate of drug-likeness (QED) is 0.157. The van der Waals surface area contributed by atoms with Crippen LogP contribution in [-0.4, -0.2) is 142 Å². The molecule has 59 heavy (non-hydrogen) atoms. The van der Waals surface area contributed by atoms with Crippen LogP contribution >= 0.6 is 0 Å². The first-order valence-corrected chi connectivity index (χ1v) is 21.2. The van der Waals surface area contributed by atoms with Gasteiger partial charge in [-0.1, -0.05) is 45.9 Å². The molecule has 326 valence electrons. The van der Waals surface area contributed by atoms with E-state index in [1.807, 2.05) is 83.9 Å². The van der Waals surface area contributed by atoms with Crippen molar-refractivity contribution >= 4 is 34.5 Å². The SMILES string of the molecule is CC[C@@H]1OC(=O)[C@H](C)C(=O)[C@H](C)[C@@H](O[C@@H]2O[C@H](C)C[C@H](N(C)C)[C@H]2O)[C@@](C)(OC)C[C@@H](C)C2=[N+]([O-])CN(CCCc3ccnc4ccccc34)N3C(=O)O[C@@]1(C)[C@H]3[C@@H]2C. The summed E-state index contributed by atoms with van der Waals surface area (Å²) in [5.74, 6) is -4.43. The molecule has 5 heterocycles. The van der Waals surface area contributed by atoms with Crippen molar-refractivity contribution in [2.24, 2.45) is 23.7 Å². The highest BCUT2D eigenvalue weighted by Crippen LogP contribution is 2.45. The van der Waals surface area contributed by atoms with Crippen molar-refractivity contribution in [2.45, 2.75) is 141 Å². The van der Waals surface area contributed by atoms with Crippen molar-refractivity contribution in [3.63, 3.8) is 0 Å². The van der Waals surface area contributed by atoms with Gasteiger partial charge in [0.1, 0.15) is 24.2 Å². The Bertz CT molecular complexity index is 1890. The number of amides is 1. The van der Waals surface area contributed by atoms with E-state index in [0.717, 1.165) is 21.2 Å². The predicted octanol–water partition coefficient (Wildman–Crippen LogP) is 4.94. The van der Waals surface area contributed by atoms with Crippen LogP contribution in [0.2, 0.25) is 0 Å². The molecule has 2 bridgehead atoms. The maximum atomic E-state index is 14.7. The number of nitrogens with zero attached hydrogens (tertiary/aromatic N) is 5. The second-order valence-electron chi connectivity index (χ2n) is 17.9. The number of likely N-dealkylation sites (N-methyl/N-ethyl adjacent to an activating group) is 1. The fourth-order valence-electron chi connectivity index (χ4n) is 10.4. The number of hydrogen-bond acceptors (Lipinski definition) is 13. The first-order chi connectivity index (χ1) is 27.9. The third-order valence-corrected chi connectivity index (χ3v) is 13.6. The summed E-state index contributed by atoms with van der Waals surface area (Å²) in [5, 5.41) is 30.6. The Morgan fingerprint density at radius 2 is 1.78 bits per heavy atom. The van der Waals surface area contributed by atoms with Crippen LogP contribution < -0.4 is 0 Å². The fraction of sp³-hybridized carbons (Fsp3) is 0.705. The minimum atomic E-state index is -1.39. The summed E-state index contributed by atoms with van der Waals surface area (Å²) in [7, 11) is 5.29. The van der Waals surface area contributed by atoms with Crippen molar-refractivity contribution in [1.29, 1.82) is 0 Å². The lowest BCUT2D eigenvalue weighted by molar-refractivity contribution is -0.494. The van der Waals surface area contributed by atoms with Crippen LogP contribution in [0.5, 0.6) is 0 Å². The number of aliphatic hydroxyl groups is 1. The minimum absolute atomic E-state index is 0.152. The van der Waals surface area contributed by atoms with Gasteiger partial charge < -0.3 is 38.9 Å². The summed E-state index contributed by atoms with van der Waals surface area (Å²) in [5.41, 5.74) is -0.122. The molecule has 0 unspecified atom stereocenters. The van der Waals surface area contributed by atoms with E-state index in [9.17, 15) is 24.7 Å². The van der Waals surface area contributed by atoms with E-state index >= 15 is 0 Å². The topological polar surface area (TPSA) is 166 Å². The van der Waals surface area contributed by atoms with Gasteiger partial charge in [-0.05, 0) is 91.6 Å². The Morgan fingerprint density at radius 1 is 1.07 bits per heavy atom. The molecule has 1 N–H and O–H groups in total. The summed E-state index contributed by atoms with van der Waals surface area (Å²) < 4.78 is 32.7. The number of pyridine rings is 1. The standard InChI is InChI=1S/C44H65N5O10/c1-12-34-44(8)38-27(4)35(48(54)24-47(49(38)42(53)59-44)21-15-16-30-19-20-45-32-18-14-13-17-31(30)32)25(2)23-43(7,55-11)39(28(5)36(50)29(6)40(52)57-34)58-41-37(51)33(46(9)10)22-26(3)56-41/h13-14,17-20,25-29,33-34,37-39,41,51H,12,15-16,21-24H2,1-11H3/t25-,26-,27-,28+,29-,33+,34+,37-,38-,39-,41+,43+,44-/m1/s1. The maximum absolute atomic E-state index is 14.7. The third kappa shape index (κ3) is 8.48. The summed E-state index contributed by atoms with van der Waals surface area (Å²) >= 11 is 0. The smallest absolute Gasteiger partial charge is 0.425 e. The Balaban J connectivity index is 1.41. The molecule has 0 spiro atoms. The number of hydrogen-bond donors (Lipinski definition) is 1. The lowest BCUT2D eigenvalue weighted by atomic mass is 9.73. The molecule has 15 nitrogen and oxygen atoms in total. The van der Waals surface area contributed by atoms with E-state index in [4.69, 9.17) is 23.7 Å². The van der Waals surface area contributed by atoms with Crippen LogP contribution in [0.3, 0.4) is 0 Å². The van der Waals surface area contributed by atoms with Gasteiger partial charge in [0.25, 0.3) is 0 Å². The Kier molecular flexibility index (Phi) is 13.4. The number of ether oxygens (including phenoxy) is 5. The monoisotopic (exact) mass is 823 g/mol. The molecular weight excluding hydrogens is 759 g/mol. The molecule has 6 rings (SSSR count). The number of benzene rings is 1. The van der Waals surface area contributed by atoms with E-state index in [2.05, 4.69) is 4.98 Å². The van der Waals surface area contributed by atoms with E-state index < -0.39 is 83.4 Å². The number of ketones is 1. The summed E-state index contributed by atoms with van der Waals surface area (Å²) in [4.78, 5) is 49.1. The van der Waals surface area contributed by atoms with E-state index in [1.54, 1.807) is 30.1 Å². The van der Waals surface area contributed by atoms with Crippen molar-refractivity contribution in [1.82, 2.24) is 19.9 Å². The number of aliphatic hydroxyl groups excluding tert-OH is 1. The molecule has 2 aromatic rings. The number of cyclic esters (lactones) is 1. The van der Waals surface area contributed by atoms with Gasteiger partial charge in [0, 0.05) is 43.1 Å². The van der Waals surface area contributed by atoms with Crippen molar-refractivity contribution < 1.29 is 47.9 Å². The highest BCUT2D eigenvalue weighted by Gasteiger charge is 2.63. The molecule has 0 saturated carbocycles. The van der Waals surface area contributed by atoms with Crippen LogP contribution in [0.4, 0.5) is 4.79 Å². The molecule has 3 saturated heterocycles. The van der Waals surface area contributed by atoms with E-state index in [-0.39, 0.29) is 31.7 Å². The Hall–Kier alpha value is -3.73. The number of Topliss-reactive ketones (excluding diaryl/α,β-unsaturated/α-hetero) is 1. The van der Waals surface area contributed by atoms with Crippen LogP contribution in [0.25, 0.3) is 10.9 Å². The lowest BCUT2D eigenvalue weighted by Gasteiger charge is -2.47. The normalized spacial score (nSPS) is 37.7. The number of aromatic nitrogens is 1. The second-order valence-corrected chi connectivity index (χ2v) is 17.9. The highest BCUT2D eigenvalue weighted by atomic mass is 16.7. The number of carbonyl (C=O) groups excluding carboxylic acids is 3. The Morgan fingerprint density at radius 3 is 2.46 bits per heavy atom. The molecule has 0 aliphatic carbocycles. The van der Waals surface area contributed by atoms with Gasteiger partial charge in [0.05, 0.1) is 29.2 Å². The van der Waals surface area contributed by atoms with Gasteiger partial charge in [0.2, 0.25) is 6.67 Å². The van der Waals surface area contributed by atoms with Crippen LogP contribution in [0, 0.1) is 28.9 Å². The molecule has 4 aliphatic heterocycles. The average molecular weight is 824 g/mol. The highest BCUT2D eigenvalue weighted by molar-refractivity contribution is 6.00. The third-order valence-electron chi connectivity index (χ3n) is 13.6. The van der Waals surface area contributed by atoms with Crippen molar-refractivity contribution in [2.75, 3.05) is 34.4 Å². The van der Waals surface area contributed by atoms with Gasteiger partial charge in [-0.15, -0.1) is 0 Å². The average Bonchev–Trinajstić information content (AvgIpc) is 3.41. The second kappa shape index (κ2) is 17.7. The number of hydrazine groups is 1. The number of carbonyl (C=O) groups is 3. The predicted molar refractivity (Wildman–Crippen MR) is 220 cm³/mol. The first kappa shape index (κ1) is 44.8. The maximum Gasteiger partial charge on any atom is 0.425 e. The van der Waals surface area contributed by atoms with Gasteiger partial charge in [0.15, 0.2) is 23.4 Å². The number of para-hydroxylation sites is 1. The largest absolute Gasteiger partial charge is 0.623 e. The van der Waals surface area contributed by atoms with Crippen LogP contribution in [0.15, 0.2) is 36.5 Å². The molecule has 1 amide bonds. The summed E-state index contributed by atoms with van der Waals surface area (Å²) in [6.45, 7) is 14.6. The lowest BCUT2D eigenvalue weighted by Crippen LogP contribution is -2.61. The van der Waals surface area contributed by atoms with Gasteiger partial charge in [-0.25, -0.2) is 9.80 Å². The molecular formula is C44H65N5O10. The van der Waals surface area contributed by atoms with E-state index in [1.165, 1.54) is 14.0 Å². The van der Waals surface area contributed by atoms with Gasteiger partial charge in [-0.3, -0.25) is 14.6 Å². The molecule has 1 aromatic carbocycles. The number of aryl methyl sites for hydroxylation is 1. The molecule has 3 fully saturated rings. The van der Waals surface area contributed by atoms with Crippen molar-refractivity contribution in [3.8, 4) is 0 Å². The molecule has 0 radical (unpaired) electrons. The molecule has 15 heteroatoms. The summed E-state index contributed by atoms with van der Waals surface area (Å²) in [6, 6.07) is 8.91. The number of fused-ring (bicyclic) bond motifs is 2. The molecule has 4 aliphatic rings. The van der Waals surface area contributed by atoms with Gasteiger partial charge in [-0.2, -0.15) is 9.75 Å². The number of methoxy groups -OCH3 is 1. The molecule has 13 atom stereocenters. The summed E-state index contributed by atoms with van der Waals surface area (Å²) in [6.07, 6.45) is -0.902. The number of hydroxylamine groups is 1. The van der Waals surface area contributed by atoms with Crippen LogP contribution in [0.1, 0.15) is 86.6 Å². The fourth-order valence-corrected chi connectivity index (χ4v) is 10.4. The number of esters is 1. The minimum Gasteiger partial charge on any atom is -0.623 e. The zero-order valence-electron chi connectivity index (χ0n) is 36.6. The zero-order valence-corrected chi connectivity index (χ0v) is 36.6. The first-order valence-electron chi connectivity index (χ1n) is 21.2. The van der Waals surface area contributed by atoms with E-state index in [0.29, 0.717) is 31.5 Å². The zero-order chi connectivity index (χ0) is 43.1. The Labute approximate surface area is 348 Å². The van der Waals surface area contributed by atoms with Crippen molar-refractivity contribution in [3.05, 3.63) is 47.3 Å². The number of rotatable bonds is 9.